The Kier molecular flexibility index (Phi) is 4.24. The number of carbonyl (C=O) groups excluding carboxylic acids is 2. The lowest BCUT2D eigenvalue weighted by atomic mass is 10.0. The highest BCUT2D eigenvalue weighted by Gasteiger charge is 2.22. The number of likely N-dealkylation sites (tertiary alicyclic amines) is 1. The first kappa shape index (κ1) is 13.6. The van der Waals surface area contributed by atoms with Crippen LogP contribution in [0.5, 0.6) is 0 Å². The predicted molar refractivity (Wildman–Crippen MR) is 70.7 cm³/mol. The summed E-state index contributed by atoms with van der Waals surface area (Å²) in [6.07, 6.45) is 3.95. The second-order valence-electron chi connectivity index (χ2n) is 5.17. The van der Waals surface area contributed by atoms with Crippen LogP contribution in [0.15, 0.2) is 18.3 Å². The van der Waals surface area contributed by atoms with E-state index in [1.165, 1.54) is 0 Å². The molecule has 0 bridgehead atoms. The van der Waals surface area contributed by atoms with Gasteiger partial charge in [0.25, 0.3) is 5.91 Å². The minimum atomic E-state index is -0.453. The highest BCUT2D eigenvalue weighted by molar-refractivity contribution is 5.89. The predicted octanol–water partition coefficient (Wildman–Crippen LogP) is 1.44. The van der Waals surface area contributed by atoms with Crippen LogP contribution in [-0.2, 0) is 16.6 Å². The Labute approximate surface area is 113 Å². The van der Waals surface area contributed by atoms with Gasteiger partial charge in [-0.3, -0.25) is 4.79 Å². The number of aryl methyl sites for hydroxylation is 1. The molecule has 1 aromatic rings. The van der Waals surface area contributed by atoms with Crippen molar-refractivity contribution in [3.8, 4) is 0 Å². The first-order valence-electron chi connectivity index (χ1n) is 6.64. The molecular formula is C14H20N2O3. The molecule has 104 valence electrons. The van der Waals surface area contributed by atoms with Gasteiger partial charge in [-0.05, 0) is 30.9 Å². The van der Waals surface area contributed by atoms with Crippen LogP contribution in [0.3, 0.4) is 0 Å². The van der Waals surface area contributed by atoms with Gasteiger partial charge in [0.05, 0.1) is 0 Å². The van der Waals surface area contributed by atoms with Crippen LogP contribution in [-0.4, -0.2) is 41.0 Å². The molecule has 2 heterocycles. The molecule has 0 N–H and O–H groups in total. The van der Waals surface area contributed by atoms with Crippen LogP contribution in [0.4, 0.5) is 0 Å². The van der Waals surface area contributed by atoms with E-state index < -0.39 is 5.97 Å². The number of esters is 1. The first-order chi connectivity index (χ1) is 9.08. The van der Waals surface area contributed by atoms with E-state index in [0.29, 0.717) is 11.6 Å². The van der Waals surface area contributed by atoms with E-state index >= 15 is 0 Å². The van der Waals surface area contributed by atoms with Gasteiger partial charge in [0.1, 0.15) is 5.69 Å². The molecule has 0 unspecified atom stereocenters. The third-order valence-electron chi connectivity index (χ3n) is 3.49. The monoisotopic (exact) mass is 264 g/mol. The summed E-state index contributed by atoms with van der Waals surface area (Å²) in [5.74, 6) is -0.0266. The van der Waals surface area contributed by atoms with E-state index in [9.17, 15) is 9.59 Å². The quantitative estimate of drug-likeness (QED) is 0.776. The van der Waals surface area contributed by atoms with Crippen LogP contribution in [0.25, 0.3) is 0 Å². The number of hydrogen-bond acceptors (Lipinski definition) is 3. The summed E-state index contributed by atoms with van der Waals surface area (Å²) in [7, 11) is 1.77. The molecule has 1 saturated heterocycles. The zero-order valence-electron chi connectivity index (χ0n) is 11.5. The largest absolute Gasteiger partial charge is 0.451 e. The van der Waals surface area contributed by atoms with Crippen molar-refractivity contribution in [2.24, 2.45) is 13.0 Å². The number of amides is 1. The van der Waals surface area contributed by atoms with E-state index in [0.717, 1.165) is 25.9 Å². The number of carbonyl (C=O) groups is 2. The van der Waals surface area contributed by atoms with Gasteiger partial charge in [-0.2, -0.15) is 0 Å². The number of rotatable bonds is 3. The minimum absolute atomic E-state index is 0.103. The summed E-state index contributed by atoms with van der Waals surface area (Å²) in [6.45, 7) is 3.50. The summed E-state index contributed by atoms with van der Waals surface area (Å²) < 4.78 is 6.74. The Balaban J connectivity index is 1.83. The average Bonchev–Trinajstić information content (AvgIpc) is 2.82. The van der Waals surface area contributed by atoms with Gasteiger partial charge in [-0.15, -0.1) is 0 Å². The Hall–Kier alpha value is -1.78. The third-order valence-corrected chi connectivity index (χ3v) is 3.49. The van der Waals surface area contributed by atoms with Gasteiger partial charge in [-0.25, -0.2) is 4.79 Å². The van der Waals surface area contributed by atoms with E-state index in [2.05, 4.69) is 6.92 Å². The molecule has 5 nitrogen and oxygen atoms in total. The molecule has 0 spiro atoms. The maximum absolute atomic E-state index is 11.9. The second kappa shape index (κ2) is 5.91. The molecule has 5 heteroatoms. The van der Waals surface area contributed by atoms with Gasteiger partial charge in [0.15, 0.2) is 6.61 Å². The van der Waals surface area contributed by atoms with E-state index in [1.807, 2.05) is 0 Å². The summed E-state index contributed by atoms with van der Waals surface area (Å²) in [6, 6.07) is 3.44. The summed E-state index contributed by atoms with van der Waals surface area (Å²) in [5, 5.41) is 0. The van der Waals surface area contributed by atoms with Crippen molar-refractivity contribution < 1.29 is 14.3 Å². The lowest BCUT2D eigenvalue weighted by molar-refractivity contribution is -0.136. The number of ether oxygens (including phenoxy) is 1. The van der Waals surface area contributed by atoms with Crippen molar-refractivity contribution in [3.05, 3.63) is 24.0 Å². The molecular weight excluding hydrogens is 244 g/mol. The topological polar surface area (TPSA) is 51.5 Å². The fourth-order valence-corrected chi connectivity index (χ4v) is 2.38. The number of aromatic nitrogens is 1. The number of nitrogens with zero attached hydrogens (tertiary/aromatic N) is 2. The molecule has 0 aliphatic carbocycles. The van der Waals surface area contributed by atoms with Crippen molar-refractivity contribution in [2.45, 2.75) is 19.8 Å². The Morgan fingerprint density at radius 3 is 2.89 bits per heavy atom. The lowest BCUT2D eigenvalue weighted by Gasteiger charge is -2.30. The molecule has 1 amide bonds. The SMILES string of the molecule is C[C@H]1CCCN(C(=O)COC(=O)c2cccn2C)C1. The van der Waals surface area contributed by atoms with Gasteiger partial charge in [0, 0.05) is 26.3 Å². The zero-order chi connectivity index (χ0) is 13.8. The molecule has 1 fully saturated rings. The van der Waals surface area contributed by atoms with Crippen LogP contribution in [0, 0.1) is 5.92 Å². The van der Waals surface area contributed by atoms with Gasteiger partial charge >= 0.3 is 5.97 Å². The zero-order valence-corrected chi connectivity index (χ0v) is 11.5. The Morgan fingerprint density at radius 1 is 1.47 bits per heavy atom. The summed E-state index contributed by atoms with van der Waals surface area (Å²) >= 11 is 0. The maximum Gasteiger partial charge on any atom is 0.355 e. The summed E-state index contributed by atoms with van der Waals surface area (Å²) in [4.78, 5) is 25.5. The molecule has 0 radical (unpaired) electrons. The molecule has 0 saturated carbocycles. The fraction of sp³-hybridized carbons (Fsp3) is 0.571. The Bertz CT molecular complexity index is 467. The highest BCUT2D eigenvalue weighted by atomic mass is 16.5. The lowest BCUT2D eigenvalue weighted by Crippen LogP contribution is -2.41. The summed E-state index contributed by atoms with van der Waals surface area (Å²) in [5.41, 5.74) is 0.458. The second-order valence-corrected chi connectivity index (χ2v) is 5.17. The highest BCUT2D eigenvalue weighted by Crippen LogP contribution is 2.15. The van der Waals surface area contributed by atoms with Crippen molar-refractivity contribution in [2.75, 3.05) is 19.7 Å². The molecule has 0 aromatic carbocycles. The molecule has 1 aromatic heterocycles. The smallest absolute Gasteiger partial charge is 0.355 e. The normalized spacial score (nSPS) is 19.3. The van der Waals surface area contributed by atoms with E-state index in [1.54, 1.807) is 34.8 Å². The van der Waals surface area contributed by atoms with Gasteiger partial charge < -0.3 is 14.2 Å². The average molecular weight is 264 g/mol. The maximum atomic E-state index is 11.9. The molecule has 1 aliphatic rings. The van der Waals surface area contributed by atoms with Crippen molar-refractivity contribution in [3.63, 3.8) is 0 Å². The van der Waals surface area contributed by atoms with Crippen LogP contribution >= 0.6 is 0 Å². The van der Waals surface area contributed by atoms with Crippen LogP contribution < -0.4 is 0 Å². The fourth-order valence-electron chi connectivity index (χ4n) is 2.38. The van der Waals surface area contributed by atoms with E-state index in [-0.39, 0.29) is 12.5 Å². The molecule has 2 rings (SSSR count). The van der Waals surface area contributed by atoms with E-state index in [4.69, 9.17) is 4.74 Å². The van der Waals surface area contributed by atoms with Gasteiger partial charge in [-0.1, -0.05) is 6.92 Å². The third kappa shape index (κ3) is 3.36. The number of hydrogen-bond donors (Lipinski definition) is 0. The standard InChI is InChI=1S/C14H20N2O3/c1-11-5-3-8-16(9-11)13(17)10-19-14(18)12-6-4-7-15(12)2/h4,6-7,11H,3,5,8-10H2,1-2H3/t11-/m0/s1. The first-order valence-corrected chi connectivity index (χ1v) is 6.64. The van der Waals surface area contributed by atoms with Gasteiger partial charge in [0.2, 0.25) is 0 Å². The Morgan fingerprint density at radius 2 is 2.26 bits per heavy atom. The van der Waals surface area contributed by atoms with Crippen molar-refractivity contribution >= 4 is 11.9 Å². The molecule has 1 atom stereocenters. The molecule has 1 aliphatic heterocycles. The van der Waals surface area contributed by atoms with Crippen molar-refractivity contribution in [1.82, 2.24) is 9.47 Å². The van der Waals surface area contributed by atoms with Crippen LogP contribution in [0.2, 0.25) is 0 Å². The van der Waals surface area contributed by atoms with Crippen LogP contribution in [0.1, 0.15) is 30.3 Å². The number of piperidine rings is 1. The minimum Gasteiger partial charge on any atom is -0.451 e. The van der Waals surface area contributed by atoms with Crippen molar-refractivity contribution in [1.29, 1.82) is 0 Å². The molecule has 19 heavy (non-hydrogen) atoms.